The van der Waals surface area contributed by atoms with Crippen LogP contribution in [0.1, 0.15) is 30.2 Å². The molecule has 8 heteroatoms. The standard InChI is InChI=1S/C22H27N5O2S/c1-2-18-15-30-21(25-18)20(23)19-7-8-24-22(26-19)29-14-17-5-3-16(4-6-17)13-27-9-11-28-12-10-27/h3-8,15,25H,2,9-14,23H2,1H3/b21-20+. The Hall–Kier alpha value is -2.55. The van der Waals surface area contributed by atoms with E-state index in [0.29, 0.717) is 24.0 Å². The fraction of sp³-hybridized carbons (Fsp3) is 0.364. The number of morpholine rings is 1. The van der Waals surface area contributed by atoms with Crippen LogP contribution in [0.25, 0.3) is 5.70 Å². The molecule has 0 aliphatic carbocycles. The molecular formula is C22H27N5O2S. The maximum Gasteiger partial charge on any atom is 0.317 e. The number of nitrogens with one attached hydrogen (secondary N) is 1. The molecule has 0 amide bonds. The van der Waals surface area contributed by atoms with E-state index in [0.717, 1.165) is 55.6 Å². The van der Waals surface area contributed by atoms with E-state index in [2.05, 4.69) is 56.8 Å². The Bertz CT molecular complexity index is 923. The predicted octanol–water partition coefficient (Wildman–Crippen LogP) is 3.06. The van der Waals surface area contributed by atoms with Crippen molar-refractivity contribution in [2.75, 3.05) is 26.3 Å². The molecule has 0 radical (unpaired) electrons. The number of hydrogen-bond donors (Lipinski definition) is 2. The van der Waals surface area contributed by atoms with Crippen LogP contribution in [-0.2, 0) is 17.9 Å². The second-order valence-corrected chi connectivity index (χ2v) is 8.08. The van der Waals surface area contributed by atoms with Crippen LogP contribution in [-0.4, -0.2) is 41.2 Å². The third-order valence-electron chi connectivity index (χ3n) is 5.03. The number of nitrogens with zero attached hydrogens (tertiary/aromatic N) is 3. The number of hydrogen-bond acceptors (Lipinski definition) is 8. The van der Waals surface area contributed by atoms with Crippen molar-refractivity contribution in [1.29, 1.82) is 0 Å². The van der Waals surface area contributed by atoms with Crippen LogP contribution in [0.2, 0.25) is 0 Å². The average molecular weight is 426 g/mol. The number of allylic oxidation sites excluding steroid dienone is 1. The zero-order valence-electron chi connectivity index (χ0n) is 17.1. The van der Waals surface area contributed by atoms with Crippen molar-refractivity contribution >= 4 is 17.5 Å². The summed E-state index contributed by atoms with van der Waals surface area (Å²) in [5, 5.41) is 6.29. The summed E-state index contributed by atoms with van der Waals surface area (Å²) in [6.45, 7) is 7.07. The SMILES string of the molecule is CCC1=CS/C(=C(/N)c2ccnc(OCc3ccc(CN4CCOCC4)cc3)n2)N1. The molecule has 2 aromatic rings. The first-order valence-electron chi connectivity index (χ1n) is 10.2. The van der Waals surface area contributed by atoms with Crippen LogP contribution in [0.4, 0.5) is 0 Å². The molecular weight excluding hydrogens is 398 g/mol. The Balaban J connectivity index is 1.34. The molecule has 3 N–H and O–H groups in total. The first kappa shape index (κ1) is 20.7. The van der Waals surface area contributed by atoms with E-state index in [-0.39, 0.29) is 0 Å². The summed E-state index contributed by atoms with van der Waals surface area (Å²) in [6.07, 6.45) is 2.61. The largest absolute Gasteiger partial charge is 0.459 e. The molecule has 3 heterocycles. The number of thioether (sulfide) groups is 1. The average Bonchev–Trinajstić information content (AvgIpc) is 3.28. The molecule has 30 heavy (non-hydrogen) atoms. The Kier molecular flexibility index (Phi) is 6.88. The van der Waals surface area contributed by atoms with E-state index in [4.69, 9.17) is 15.2 Å². The van der Waals surface area contributed by atoms with Crippen molar-refractivity contribution in [2.24, 2.45) is 5.73 Å². The minimum Gasteiger partial charge on any atom is -0.459 e. The highest BCUT2D eigenvalue weighted by molar-refractivity contribution is 8.06. The van der Waals surface area contributed by atoms with Gasteiger partial charge in [0.25, 0.3) is 0 Å². The summed E-state index contributed by atoms with van der Waals surface area (Å²) >= 11 is 1.58. The van der Waals surface area contributed by atoms with E-state index < -0.39 is 0 Å². The molecule has 1 aromatic heterocycles. The monoisotopic (exact) mass is 425 g/mol. The molecule has 0 unspecified atom stereocenters. The predicted molar refractivity (Wildman–Crippen MR) is 119 cm³/mol. The Labute approximate surface area is 181 Å². The van der Waals surface area contributed by atoms with Crippen molar-refractivity contribution in [1.82, 2.24) is 20.2 Å². The van der Waals surface area contributed by atoms with Crippen molar-refractivity contribution in [3.8, 4) is 6.01 Å². The third-order valence-corrected chi connectivity index (χ3v) is 5.99. The number of ether oxygens (including phenoxy) is 2. The summed E-state index contributed by atoms with van der Waals surface area (Å²) in [4.78, 5) is 11.1. The van der Waals surface area contributed by atoms with Crippen molar-refractivity contribution in [3.63, 3.8) is 0 Å². The molecule has 0 bridgehead atoms. The number of rotatable bonds is 7. The Morgan fingerprint density at radius 2 is 1.97 bits per heavy atom. The van der Waals surface area contributed by atoms with Gasteiger partial charge in [0.05, 0.1) is 24.6 Å². The van der Waals surface area contributed by atoms with E-state index >= 15 is 0 Å². The Morgan fingerprint density at radius 1 is 1.20 bits per heavy atom. The maximum atomic E-state index is 6.29. The number of nitrogens with two attached hydrogens (primary N) is 1. The molecule has 0 spiro atoms. The smallest absolute Gasteiger partial charge is 0.317 e. The lowest BCUT2D eigenvalue weighted by molar-refractivity contribution is 0.0342. The number of aromatic nitrogens is 2. The molecule has 4 rings (SSSR count). The molecule has 1 saturated heterocycles. The molecule has 1 fully saturated rings. The fourth-order valence-electron chi connectivity index (χ4n) is 3.22. The molecule has 0 saturated carbocycles. The molecule has 158 valence electrons. The van der Waals surface area contributed by atoms with Gasteiger partial charge < -0.3 is 20.5 Å². The summed E-state index contributed by atoms with van der Waals surface area (Å²) < 4.78 is 11.2. The highest BCUT2D eigenvalue weighted by Crippen LogP contribution is 2.29. The van der Waals surface area contributed by atoms with Gasteiger partial charge in [-0.25, -0.2) is 4.98 Å². The minimum absolute atomic E-state index is 0.320. The summed E-state index contributed by atoms with van der Waals surface area (Å²) in [7, 11) is 0. The maximum absolute atomic E-state index is 6.29. The lowest BCUT2D eigenvalue weighted by Gasteiger charge is -2.26. The van der Waals surface area contributed by atoms with Crippen molar-refractivity contribution in [2.45, 2.75) is 26.5 Å². The van der Waals surface area contributed by atoms with Crippen LogP contribution in [0.5, 0.6) is 6.01 Å². The second kappa shape index (κ2) is 9.97. The molecule has 2 aliphatic heterocycles. The third kappa shape index (κ3) is 5.33. The normalized spacial score (nSPS) is 18.6. The van der Waals surface area contributed by atoms with E-state index in [1.807, 2.05) is 0 Å². The highest BCUT2D eigenvalue weighted by Gasteiger charge is 2.15. The summed E-state index contributed by atoms with van der Waals surface area (Å²) in [6, 6.07) is 10.6. The van der Waals surface area contributed by atoms with Gasteiger partial charge in [0.2, 0.25) is 0 Å². The molecule has 2 aliphatic rings. The van der Waals surface area contributed by atoms with Crippen LogP contribution in [0, 0.1) is 0 Å². The minimum atomic E-state index is 0.320. The van der Waals surface area contributed by atoms with Crippen LogP contribution >= 0.6 is 11.8 Å². The van der Waals surface area contributed by atoms with Crippen molar-refractivity contribution in [3.05, 3.63) is 69.5 Å². The van der Waals surface area contributed by atoms with Gasteiger partial charge in [-0.3, -0.25) is 4.90 Å². The fourth-order valence-corrected chi connectivity index (χ4v) is 4.13. The van der Waals surface area contributed by atoms with E-state index in [1.54, 1.807) is 24.0 Å². The number of benzene rings is 1. The molecule has 7 nitrogen and oxygen atoms in total. The lowest BCUT2D eigenvalue weighted by atomic mass is 10.1. The van der Waals surface area contributed by atoms with Gasteiger partial charge in [0.15, 0.2) is 0 Å². The molecule has 1 aromatic carbocycles. The van der Waals surface area contributed by atoms with Crippen molar-refractivity contribution < 1.29 is 9.47 Å². The van der Waals surface area contributed by atoms with Crippen LogP contribution in [0.3, 0.4) is 0 Å². The van der Waals surface area contributed by atoms with Gasteiger partial charge in [-0.2, -0.15) is 4.98 Å². The molecule has 0 atom stereocenters. The van der Waals surface area contributed by atoms with Crippen LogP contribution < -0.4 is 15.8 Å². The first-order valence-corrected chi connectivity index (χ1v) is 11.1. The summed E-state index contributed by atoms with van der Waals surface area (Å²) in [5.74, 6) is 0. The van der Waals surface area contributed by atoms with Gasteiger partial charge in [0, 0.05) is 31.5 Å². The summed E-state index contributed by atoms with van der Waals surface area (Å²) in [5.41, 5.74) is 11.1. The van der Waals surface area contributed by atoms with E-state index in [9.17, 15) is 0 Å². The lowest BCUT2D eigenvalue weighted by Crippen LogP contribution is -2.35. The van der Waals surface area contributed by atoms with Gasteiger partial charge in [-0.1, -0.05) is 43.0 Å². The van der Waals surface area contributed by atoms with Gasteiger partial charge in [0.1, 0.15) is 11.6 Å². The highest BCUT2D eigenvalue weighted by atomic mass is 32.2. The Morgan fingerprint density at radius 3 is 2.70 bits per heavy atom. The van der Waals surface area contributed by atoms with Gasteiger partial charge in [-0.05, 0) is 29.0 Å². The second-order valence-electron chi connectivity index (χ2n) is 7.20. The zero-order valence-corrected chi connectivity index (χ0v) is 18.0. The topological polar surface area (TPSA) is 85.5 Å². The quantitative estimate of drug-likeness (QED) is 0.700. The van der Waals surface area contributed by atoms with Crippen LogP contribution in [0.15, 0.2) is 52.7 Å². The van der Waals surface area contributed by atoms with Gasteiger partial charge in [-0.15, -0.1) is 0 Å². The zero-order chi connectivity index (χ0) is 20.8. The van der Waals surface area contributed by atoms with E-state index in [1.165, 1.54) is 5.56 Å². The first-order chi connectivity index (χ1) is 14.7. The van der Waals surface area contributed by atoms with Gasteiger partial charge >= 0.3 is 6.01 Å².